The van der Waals surface area contributed by atoms with Crippen molar-refractivity contribution >= 4 is 28.9 Å². The van der Waals surface area contributed by atoms with Crippen LogP contribution in [0, 0.1) is 5.82 Å². The molecule has 1 fully saturated rings. The highest BCUT2D eigenvalue weighted by molar-refractivity contribution is 6.30. The second kappa shape index (κ2) is 7.85. The van der Waals surface area contributed by atoms with Gasteiger partial charge in [-0.05, 0) is 43.3 Å². The molecule has 1 amide bonds. The number of hydrogen-bond acceptors (Lipinski definition) is 3. The van der Waals surface area contributed by atoms with Gasteiger partial charge in [-0.2, -0.15) is 0 Å². The lowest BCUT2D eigenvalue weighted by Gasteiger charge is -2.38. The normalized spacial score (nSPS) is 16.5. The highest BCUT2D eigenvalue weighted by Gasteiger charge is 2.25. The number of nitrogens with one attached hydrogen (secondary N) is 1. The Morgan fingerprint density at radius 1 is 1.12 bits per heavy atom. The van der Waals surface area contributed by atoms with Crippen molar-refractivity contribution in [2.75, 3.05) is 36.4 Å². The standard InChI is InChI=1S/C19H21ClFN3O/c1-14(19(25)22-17-6-3-5-16(21)13-17)23-8-10-24(11-9-23)18-7-2-4-15(20)12-18/h2-7,12-14H,8-11H2,1H3,(H,22,25)/t14-/m0/s1. The van der Waals surface area contributed by atoms with Crippen molar-refractivity contribution in [3.8, 4) is 0 Å². The number of hydrogen-bond donors (Lipinski definition) is 1. The maximum atomic E-state index is 13.2. The Bertz CT molecular complexity index is 747. The summed E-state index contributed by atoms with van der Waals surface area (Å²) in [7, 11) is 0. The number of rotatable bonds is 4. The van der Waals surface area contributed by atoms with Crippen LogP contribution in [0.15, 0.2) is 48.5 Å². The van der Waals surface area contributed by atoms with Crippen LogP contribution in [-0.4, -0.2) is 43.0 Å². The van der Waals surface area contributed by atoms with Crippen molar-refractivity contribution in [2.45, 2.75) is 13.0 Å². The summed E-state index contributed by atoms with van der Waals surface area (Å²) in [5.74, 6) is -0.484. The Hall–Kier alpha value is -2.11. The lowest BCUT2D eigenvalue weighted by atomic mass is 10.2. The largest absolute Gasteiger partial charge is 0.369 e. The highest BCUT2D eigenvalue weighted by atomic mass is 35.5. The van der Waals surface area contributed by atoms with Crippen molar-refractivity contribution in [3.05, 3.63) is 59.4 Å². The van der Waals surface area contributed by atoms with Gasteiger partial charge in [-0.3, -0.25) is 9.69 Å². The molecule has 1 N–H and O–H groups in total. The molecule has 0 saturated carbocycles. The molecule has 25 heavy (non-hydrogen) atoms. The van der Waals surface area contributed by atoms with Gasteiger partial charge in [0.2, 0.25) is 5.91 Å². The second-order valence-corrected chi connectivity index (χ2v) is 6.61. The molecule has 1 saturated heterocycles. The number of carbonyl (C=O) groups is 1. The van der Waals surface area contributed by atoms with Crippen LogP contribution in [0.5, 0.6) is 0 Å². The van der Waals surface area contributed by atoms with E-state index >= 15 is 0 Å². The maximum absolute atomic E-state index is 13.2. The highest BCUT2D eigenvalue weighted by Crippen LogP contribution is 2.21. The Morgan fingerprint density at radius 2 is 1.84 bits per heavy atom. The first-order valence-electron chi connectivity index (χ1n) is 8.34. The van der Waals surface area contributed by atoms with E-state index in [0.29, 0.717) is 5.69 Å². The second-order valence-electron chi connectivity index (χ2n) is 6.18. The van der Waals surface area contributed by atoms with E-state index in [4.69, 9.17) is 11.6 Å². The monoisotopic (exact) mass is 361 g/mol. The van der Waals surface area contributed by atoms with Gasteiger partial charge in [0.05, 0.1) is 6.04 Å². The van der Waals surface area contributed by atoms with Crippen LogP contribution in [0.4, 0.5) is 15.8 Å². The molecular weight excluding hydrogens is 341 g/mol. The Balaban J connectivity index is 1.56. The minimum absolute atomic E-state index is 0.123. The van der Waals surface area contributed by atoms with E-state index < -0.39 is 0 Å². The molecule has 2 aromatic rings. The summed E-state index contributed by atoms with van der Waals surface area (Å²) in [5.41, 5.74) is 1.58. The summed E-state index contributed by atoms with van der Waals surface area (Å²) < 4.78 is 13.2. The van der Waals surface area contributed by atoms with E-state index in [0.717, 1.165) is 36.9 Å². The van der Waals surface area contributed by atoms with Gasteiger partial charge in [-0.15, -0.1) is 0 Å². The minimum Gasteiger partial charge on any atom is -0.369 e. The number of nitrogens with zero attached hydrogens (tertiary/aromatic N) is 2. The van der Waals surface area contributed by atoms with Crippen LogP contribution in [-0.2, 0) is 4.79 Å². The van der Waals surface area contributed by atoms with Crippen molar-refractivity contribution in [1.29, 1.82) is 0 Å². The molecule has 1 atom stereocenters. The van der Waals surface area contributed by atoms with Crippen molar-refractivity contribution in [3.63, 3.8) is 0 Å². The van der Waals surface area contributed by atoms with Crippen LogP contribution in [0.2, 0.25) is 5.02 Å². The first kappa shape index (κ1) is 17.7. The van der Waals surface area contributed by atoms with E-state index in [2.05, 4.69) is 15.1 Å². The Morgan fingerprint density at radius 3 is 2.52 bits per heavy atom. The number of halogens is 2. The third-order valence-electron chi connectivity index (χ3n) is 4.51. The molecule has 0 spiro atoms. The minimum atomic E-state index is -0.361. The third kappa shape index (κ3) is 4.50. The molecular formula is C19H21ClFN3O. The van der Waals surface area contributed by atoms with Gasteiger partial charge in [0.25, 0.3) is 0 Å². The molecule has 0 aliphatic carbocycles. The fraction of sp³-hybridized carbons (Fsp3) is 0.316. The van der Waals surface area contributed by atoms with Crippen molar-refractivity contribution in [2.24, 2.45) is 0 Å². The van der Waals surface area contributed by atoms with Gasteiger partial charge in [0.15, 0.2) is 0 Å². The zero-order valence-corrected chi connectivity index (χ0v) is 14.8. The smallest absolute Gasteiger partial charge is 0.241 e. The average molecular weight is 362 g/mol. The molecule has 0 aromatic heterocycles. The summed E-state index contributed by atoms with van der Waals surface area (Å²) in [6.45, 7) is 5.11. The topological polar surface area (TPSA) is 35.6 Å². The molecule has 4 nitrogen and oxygen atoms in total. The average Bonchev–Trinajstić information content (AvgIpc) is 2.61. The summed E-state index contributed by atoms with van der Waals surface area (Å²) in [6.07, 6.45) is 0. The lowest BCUT2D eigenvalue weighted by molar-refractivity contribution is -0.120. The van der Waals surface area contributed by atoms with Gasteiger partial charge in [0.1, 0.15) is 5.82 Å². The summed E-state index contributed by atoms with van der Waals surface area (Å²) in [5, 5.41) is 3.50. The van der Waals surface area contributed by atoms with Crippen LogP contribution < -0.4 is 10.2 Å². The molecule has 1 aliphatic heterocycles. The van der Waals surface area contributed by atoms with Crippen LogP contribution in [0.3, 0.4) is 0 Å². The molecule has 1 heterocycles. The first-order valence-corrected chi connectivity index (χ1v) is 8.72. The zero-order valence-electron chi connectivity index (χ0n) is 14.1. The predicted octanol–water partition coefficient (Wildman–Crippen LogP) is 3.63. The number of piperazine rings is 1. The van der Waals surface area contributed by atoms with E-state index in [1.54, 1.807) is 12.1 Å². The Kier molecular flexibility index (Phi) is 5.56. The number of anilines is 2. The molecule has 0 bridgehead atoms. The number of carbonyl (C=O) groups excluding carboxylic acids is 1. The lowest BCUT2D eigenvalue weighted by Crippen LogP contribution is -2.52. The van der Waals surface area contributed by atoms with Gasteiger partial charge in [-0.1, -0.05) is 23.7 Å². The zero-order chi connectivity index (χ0) is 17.8. The van der Waals surface area contributed by atoms with Gasteiger partial charge in [-0.25, -0.2) is 4.39 Å². The summed E-state index contributed by atoms with van der Waals surface area (Å²) in [6, 6.07) is 13.5. The predicted molar refractivity (Wildman–Crippen MR) is 99.7 cm³/mol. The van der Waals surface area contributed by atoms with Crippen LogP contribution >= 0.6 is 11.6 Å². The fourth-order valence-electron chi connectivity index (χ4n) is 3.02. The van der Waals surface area contributed by atoms with Gasteiger partial charge >= 0.3 is 0 Å². The van der Waals surface area contributed by atoms with E-state index in [-0.39, 0.29) is 17.8 Å². The van der Waals surface area contributed by atoms with Crippen molar-refractivity contribution in [1.82, 2.24) is 4.90 Å². The maximum Gasteiger partial charge on any atom is 0.241 e. The quantitative estimate of drug-likeness (QED) is 0.903. The van der Waals surface area contributed by atoms with E-state index in [9.17, 15) is 9.18 Å². The Labute approximate surface area is 152 Å². The molecule has 2 aromatic carbocycles. The van der Waals surface area contributed by atoms with Crippen molar-refractivity contribution < 1.29 is 9.18 Å². The summed E-state index contributed by atoms with van der Waals surface area (Å²) >= 11 is 6.06. The molecule has 0 radical (unpaired) electrons. The van der Waals surface area contributed by atoms with Crippen LogP contribution in [0.25, 0.3) is 0 Å². The molecule has 6 heteroatoms. The third-order valence-corrected chi connectivity index (χ3v) is 4.74. The van der Waals surface area contributed by atoms with Crippen LogP contribution in [0.1, 0.15) is 6.92 Å². The van der Waals surface area contributed by atoms with E-state index in [1.165, 1.54) is 12.1 Å². The van der Waals surface area contributed by atoms with Gasteiger partial charge in [0, 0.05) is 42.6 Å². The number of amides is 1. The SMILES string of the molecule is C[C@@H](C(=O)Nc1cccc(F)c1)N1CCN(c2cccc(Cl)c2)CC1. The first-order chi connectivity index (χ1) is 12.0. The summed E-state index contributed by atoms with van der Waals surface area (Å²) in [4.78, 5) is 16.8. The molecule has 0 unspecified atom stereocenters. The number of benzene rings is 2. The molecule has 1 aliphatic rings. The molecule has 3 rings (SSSR count). The fourth-order valence-corrected chi connectivity index (χ4v) is 3.20. The molecule has 132 valence electrons. The van der Waals surface area contributed by atoms with E-state index in [1.807, 2.05) is 31.2 Å². The van der Waals surface area contributed by atoms with Gasteiger partial charge < -0.3 is 10.2 Å².